The number of carbonyl (C=O) groups excluding carboxylic acids is 2. The summed E-state index contributed by atoms with van der Waals surface area (Å²) in [6, 6.07) is 9.85. The molecule has 2 heterocycles. The van der Waals surface area contributed by atoms with Crippen LogP contribution in [0.15, 0.2) is 42.6 Å². The zero-order chi connectivity index (χ0) is 20.9. The van der Waals surface area contributed by atoms with E-state index in [0.717, 1.165) is 22.5 Å². The average Bonchev–Trinajstić information content (AvgIpc) is 3.12. The molecule has 12 heteroatoms. The number of ether oxygens (including phenoxy) is 1. The monoisotopic (exact) mass is 425 g/mol. The highest BCUT2D eigenvalue weighted by molar-refractivity contribution is 7.22. The number of fused-ring (bicyclic) bond motifs is 1. The minimum absolute atomic E-state index is 0.0313. The summed E-state index contributed by atoms with van der Waals surface area (Å²) in [5, 5.41) is 3.42. The third-order valence-corrected chi connectivity index (χ3v) is 4.39. The standard InChI is InChI=1S/C17H14F3N5O3S/c18-17(19,20)9-28-14-6-5-10(7-21-14)15(27)25-24-13(26)8-22-16-23-11-3-1-2-4-12(11)29-16/h1-7H,8-9H2,(H,22,23)(H,24,26)(H,25,27). The third kappa shape index (κ3) is 6.04. The molecule has 0 aliphatic heterocycles. The first kappa shape index (κ1) is 20.3. The van der Waals surface area contributed by atoms with E-state index in [1.54, 1.807) is 0 Å². The lowest BCUT2D eigenvalue weighted by molar-refractivity contribution is -0.154. The van der Waals surface area contributed by atoms with Gasteiger partial charge >= 0.3 is 6.18 Å². The second-order valence-electron chi connectivity index (χ2n) is 5.63. The number of nitrogens with zero attached hydrogens (tertiary/aromatic N) is 2. The maximum Gasteiger partial charge on any atom is 0.422 e. The van der Waals surface area contributed by atoms with Crippen LogP contribution in [-0.2, 0) is 4.79 Å². The Morgan fingerprint density at radius 1 is 1.10 bits per heavy atom. The molecule has 0 fully saturated rings. The van der Waals surface area contributed by atoms with E-state index in [0.29, 0.717) is 5.13 Å². The number of thiazole rings is 1. The number of benzene rings is 1. The molecule has 0 saturated carbocycles. The van der Waals surface area contributed by atoms with E-state index in [1.807, 2.05) is 24.3 Å². The van der Waals surface area contributed by atoms with E-state index >= 15 is 0 Å². The number of pyridine rings is 1. The molecule has 1 aromatic carbocycles. The van der Waals surface area contributed by atoms with Crippen LogP contribution >= 0.6 is 11.3 Å². The predicted octanol–water partition coefficient (Wildman–Crippen LogP) is 2.51. The number of hydrogen-bond acceptors (Lipinski definition) is 7. The van der Waals surface area contributed by atoms with Crippen molar-refractivity contribution in [3.05, 3.63) is 48.2 Å². The summed E-state index contributed by atoms with van der Waals surface area (Å²) < 4.78 is 41.7. The van der Waals surface area contributed by atoms with Crippen molar-refractivity contribution in [2.45, 2.75) is 6.18 Å². The zero-order valence-corrected chi connectivity index (χ0v) is 15.4. The molecule has 0 spiro atoms. The molecule has 152 valence electrons. The summed E-state index contributed by atoms with van der Waals surface area (Å²) in [6.45, 7) is -1.61. The van der Waals surface area contributed by atoms with E-state index in [4.69, 9.17) is 0 Å². The van der Waals surface area contributed by atoms with Gasteiger partial charge in [0.2, 0.25) is 5.88 Å². The van der Waals surface area contributed by atoms with Crippen LogP contribution in [0.5, 0.6) is 5.88 Å². The lowest BCUT2D eigenvalue weighted by atomic mass is 10.3. The number of carbonyl (C=O) groups is 2. The molecule has 0 unspecified atom stereocenters. The van der Waals surface area contributed by atoms with Crippen LogP contribution in [0.4, 0.5) is 18.3 Å². The topological polar surface area (TPSA) is 105 Å². The van der Waals surface area contributed by atoms with Crippen molar-refractivity contribution >= 4 is 38.5 Å². The molecule has 0 bridgehead atoms. The van der Waals surface area contributed by atoms with Gasteiger partial charge in [-0.15, -0.1) is 0 Å². The summed E-state index contributed by atoms with van der Waals surface area (Å²) in [6.07, 6.45) is -3.45. The highest BCUT2D eigenvalue weighted by Crippen LogP contribution is 2.25. The Balaban J connectivity index is 1.44. The van der Waals surface area contributed by atoms with E-state index in [1.165, 1.54) is 17.4 Å². The molecular formula is C17H14F3N5O3S. The van der Waals surface area contributed by atoms with Crippen molar-refractivity contribution < 1.29 is 27.5 Å². The minimum Gasteiger partial charge on any atom is -0.468 e. The van der Waals surface area contributed by atoms with E-state index in [-0.39, 0.29) is 18.0 Å². The second-order valence-corrected chi connectivity index (χ2v) is 6.66. The number of para-hydroxylation sites is 1. The van der Waals surface area contributed by atoms with Gasteiger partial charge in [0.15, 0.2) is 11.7 Å². The Morgan fingerprint density at radius 3 is 2.59 bits per heavy atom. The van der Waals surface area contributed by atoms with E-state index < -0.39 is 24.6 Å². The molecule has 2 aromatic heterocycles. The molecule has 0 saturated heterocycles. The molecule has 0 radical (unpaired) electrons. The minimum atomic E-state index is -4.48. The Morgan fingerprint density at radius 2 is 1.90 bits per heavy atom. The maximum absolute atomic E-state index is 12.1. The number of hydrogen-bond donors (Lipinski definition) is 3. The van der Waals surface area contributed by atoms with Crippen LogP contribution in [0.25, 0.3) is 10.2 Å². The molecule has 0 atom stereocenters. The van der Waals surface area contributed by atoms with Gasteiger partial charge < -0.3 is 10.1 Å². The summed E-state index contributed by atoms with van der Waals surface area (Å²) in [5.74, 6) is -1.48. The van der Waals surface area contributed by atoms with Gasteiger partial charge in [0.1, 0.15) is 0 Å². The Bertz CT molecular complexity index is 974. The number of aromatic nitrogens is 2. The van der Waals surface area contributed by atoms with Crippen LogP contribution < -0.4 is 20.9 Å². The predicted molar refractivity (Wildman–Crippen MR) is 99.5 cm³/mol. The highest BCUT2D eigenvalue weighted by atomic mass is 32.1. The van der Waals surface area contributed by atoms with Crippen molar-refractivity contribution in [1.29, 1.82) is 0 Å². The van der Waals surface area contributed by atoms with Gasteiger partial charge in [-0.05, 0) is 18.2 Å². The average molecular weight is 425 g/mol. The number of alkyl halides is 3. The molecular weight excluding hydrogens is 411 g/mol. The van der Waals surface area contributed by atoms with Crippen LogP contribution in [0.1, 0.15) is 10.4 Å². The maximum atomic E-state index is 12.1. The fourth-order valence-electron chi connectivity index (χ4n) is 2.10. The molecule has 0 aliphatic carbocycles. The third-order valence-electron chi connectivity index (χ3n) is 3.39. The normalized spacial score (nSPS) is 11.1. The van der Waals surface area contributed by atoms with Gasteiger partial charge in [-0.25, -0.2) is 9.97 Å². The number of nitrogens with one attached hydrogen (secondary N) is 3. The fraction of sp³-hybridized carbons (Fsp3) is 0.176. The van der Waals surface area contributed by atoms with Crippen molar-refractivity contribution in [3.8, 4) is 5.88 Å². The number of rotatable bonds is 6. The molecule has 3 rings (SSSR count). The largest absolute Gasteiger partial charge is 0.468 e. The van der Waals surface area contributed by atoms with Crippen molar-refractivity contribution in [3.63, 3.8) is 0 Å². The molecule has 29 heavy (non-hydrogen) atoms. The molecule has 8 nitrogen and oxygen atoms in total. The van der Waals surface area contributed by atoms with Gasteiger partial charge in [0, 0.05) is 12.3 Å². The van der Waals surface area contributed by atoms with Gasteiger partial charge in [-0.1, -0.05) is 23.5 Å². The Hall–Kier alpha value is -3.41. The Kier molecular flexibility index (Phi) is 6.12. The van der Waals surface area contributed by atoms with E-state index in [2.05, 4.69) is 30.9 Å². The summed E-state index contributed by atoms with van der Waals surface area (Å²) >= 11 is 1.39. The van der Waals surface area contributed by atoms with Crippen LogP contribution in [0.2, 0.25) is 0 Å². The quantitative estimate of drug-likeness (QED) is 0.524. The van der Waals surface area contributed by atoms with Gasteiger partial charge in [0.05, 0.1) is 22.3 Å². The first-order valence-electron chi connectivity index (χ1n) is 8.14. The SMILES string of the molecule is O=C(CNc1nc2ccccc2s1)NNC(=O)c1ccc(OCC(F)(F)F)nc1. The van der Waals surface area contributed by atoms with Gasteiger partial charge in [-0.3, -0.25) is 20.4 Å². The van der Waals surface area contributed by atoms with Gasteiger partial charge in [-0.2, -0.15) is 13.2 Å². The summed E-state index contributed by atoms with van der Waals surface area (Å²) in [4.78, 5) is 31.7. The second kappa shape index (κ2) is 8.73. The van der Waals surface area contributed by atoms with Crippen molar-refractivity contribution in [1.82, 2.24) is 20.8 Å². The summed E-state index contributed by atoms with van der Waals surface area (Å²) in [5.41, 5.74) is 5.23. The Labute approximate surface area is 166 Å². The summed E-state index contributed by atoms with van der Waals surface area (Å²) in [7, 11) is 0. The molecule has 2 amide bonds. The highest BCUT2D eigenvalue weighted by Gasteiger charge is 2.28. The first-order valence-corrected chi connectivity index (χ1v) is 8.96. The number of anilines is 1. The first-order chi connectivity index (χ1) is 13.8. The van der Waals surface area contributed by atoms with Crippen LogP contribution in [0.3, 0.4) is 0 Å². The van der Waals surface area contributed by atoms with Crippen LogP contribution in [-0.4, -0.2) is 41.1 Å². The number of amides is 2. The van der Waals surface area contributed by atoms with Crippen LogP contribution in [0, 0.1) is 0 Å². The lowest BCUT2D eigenvalue weighted by Gasteiger charge is -2.09. The molecule has 3 N–H and O–H groups in total. The smallest absolute Gasteiger partial charge is 0.422 e. The van der Waals surface area contributed by atoms with Crippen molar-refractivity contribution in [2.75, 3.05) is 18.5 Å². The lowest BCUT2D eigenvalue weighted by Crippen LogP contribution is -2.44. The number of hydrazine groups is 1. The molecule has 3 aromatic rings. The molecule has 0 aliphatic rings. The fourth-order valence-corrected chi connectivity index (χ4v) is 2.96. The number of halogens is 3. The van der Waals surface area contributed by atoms with Gasteiger partial charge in [0.25, 0.3) is 11.8 Å². The zero-order valence-electron chi connectivity index (χ0n) is 14.6. The van der Waals surface area contributed by atoms with Crippen molar-refractivity contribution in [2.24, 2.45) is 0 Å². The van der Waals surface area contributed by atoms with E-state index in [9.17, 15) is 22.8 Å².